The van der Waals surface area contributed by atoms with Crippen LogP contribution in [0, 0.1) is 13.5 Å². The van der Waals surface area contributed by atoms with Gasteiger partial charge in [0.2, 0.25) is 0 Å². The number of alkyl halides is 3. The average molecular weight is 561 g/mol. The summed E-state index contributed by atoms with van der Waals surface area (Å²) in [5.74, 6) is 0.352. The number of hydrogen-bond donors (Lipinski definition) is 0. The topological polar surface area (TPSA) is 49.6 Å². The van der Waals surface area contributed by atoms with Crippen LogP contribution >= 0.6 is 12.2 Å². The van der Waals surface area contributed by atoms with Crippen molar-refractivity contribution < 1.29 is 27.4 Å². The van der Waals surface area contributed by atoms with Crippen LogP contribution < -0.4 is 9.64 Å². The normalized spacial score (nSPS) is 18.0. The first-order valence-electron chi connectivity index (χ1n) is 12.7. The number of carbonyl (C=O) groups excluding carboxylic acids is 1. The summed E-state index contributed by atoms with van der Waals surface area (Å²) in [6.45, 7) is 17.4. The molecule has 0 atom stereocenters. The highest BCUT2D eigenvalue weighted by molar-refractivity contribution is 7.80. The summed E-state index contributed by atoms with van der Waals surface area (Å²) >= 11 is 5.55. The van der Waals surface area contributed by atoms with Crippen LogP contribution in [-0.4, -0.2) is 65.8 Å². The third-order valence-corrected chi connectivity index (χ3v) is 7.42. The van der Waals surface area contributed by atoms with E-state index in [0.717, 1.165) is 61.2 Å². The van der Waals surface area contributed by atoms with E-state index in [1.54, 1.807) is 18.7 Å². The Hall–Kier alpha value is -3.20. The van der Waals surface area contributed by atoms with E-state index < -0.39 is 28.9 Å². The monoisotopic (exact) mass is 560 g/mol. The van der Waals surface area contributed by atoms with Gasteiger partial charge in [-0.3, -0.25) is 14.6 Å². The van der Waals surface area contributed by atoms with Gasteiger partial charge in [-0.15, -0.1) is 0 Å². The predicted octanol–water partition coefficient (Wildman–Crippen LogP) is 5.58. The third kappa shape index (κ3) is 6.19. The molecule has 0 N–H and O–H groups in total. The van der Waals surface area contributed by atoms with Crippen molar-refractivity contribution in [3.05, 3.63) is 64.5 Å². The van der Waals surface area contributed by atoms with E-state index in [9.17, 15) is 18.0 Å². The smallest absolute Gasteiger partial charge is 0.407 e. The lowest BCUT2D eigenvalue weighted by Crippen LogP contribution is -2.44. The van der Waals surface area contributed by atoms with Crippen molar-refractivity contribution in [3.63, 3.8) is 0 Å². The Bertz CT molecular complexity index is 1290. The van der Waals surface area contributed by atoms with Crippen LogP contribution in [-0.2, 0) is 22.3 Å². The summed E-state index contributed by atoms with van der Waals surface area (Å²) < 4.78 is 52.0. The van der Waals surface area contributed by atoms with E-state index in [2.05, 4.69) is 21.9 Å². The summed E-state index contributed by atoms with van der Waals surface area (Å²) in [6, 6.07) is 9.34. The number of thiocarbonyl (C=S) groups is 1. The van der Waals surface area contributed by atoms with Crippen molar-refractivity contribution in [1.82, 2.24) is 9.80 Å². The molecule has 208 valence electrons. The van der Waals surface area contributed by atoms with Gasteiger partial charge in [0.15, 0.2) is 10.8 Å². The summed E-state index contributed by atoms with van der Waals surface area (Å²) in [4.78, 5) is 21.4. The first-order valence-corrected chi connectivity index (χ1v) is 13.1. The van der Waals surface area contributed by atoms with Crippen molar-refractivity contribution in [2.45, 2.75) is 45.5 Å². The number of rotatable bonds is 8. The number of nitrogens with zero attached hydrogens (tertiary/aromatic N) is 4. The fourth-order valence-corrected chi connectivity index (χ4v) is 5.33. The Balaban J connectivity index is 1.38. The molecule has 0 radical (unpaired) electrons. The second-order valence-electron chi connectivity index (χ2n) is 10.1. The molecule has 0 unspecified atom stereocenters. The molecule has 2 aromatic carbocycles. The molecule has 2 aliphatic rings. The summed E-state index contributed by atoms with van der Waals surface area (Å²) in [7, 11) is 0. The van der Waals surface area contributed by atoms with E-state index >= 15 is 0 Å². The number of morpholine rings is 1. The molecule has 11 heteroatoms. The van der Waals surface area contributed by atoms with Crippen molar-refractivity contribution in [3.8, 4) is 5.75 Å². The molecule has 0 bridgehead atoms. The van der Waals surface area contributed by atoms with E-state index in [1.165, 1.54) is 11.6 Å². The van der Waals surface area contributed by atoms with Gasteiger partial charge in [-0.1, -0.05) is 18.2 Å². The quantitative estimate of drug-likeness (QED) is 0.239. The molecular weight excluding hydrogens is 529 g/mol. The zero-order valence-corrected chi connectivity index (χ0v) is 23.0. The van der Waals surface area contributed by atoms with E-state index in [0.29, 0.717) is 19.6 Å². The molecule has 1 amide bonds. The predicted molar refractivity (Wildman–Crippen MR) is 146 cm³/mol. The van der Waals surface area contributed by atoms with Gasteiger partial charge in [0, 0.05) is 31.9 Å². The molecule has 0 saturated carbocycles. The van der Waals surface area contributed by atoms with Gasteiger partial charge in [0.05, 0.1) is 32.0 Å². The molecule has 2 heterocycles. The van der Waals surface area contributed by atoms with Crippen LogP contribution in [0.1, 0.15) is 37.0 Å². The fourth-order valence-electron chi connectivity index (χ4n) is 4.82. The maximum atomic E-state index is 13.5. The standard InChI is InChI=1S/C28H31F3N4O3S/c1-19-16-20(18-33-11-14-37-15-12-33)6-9-24(19)38-13-5-10-34-26(39)35(25(36)27(34,2)3)21-7-8-23(32-4)22(17-21)28(29,30)31/h6-9,16-17H,5,10-15,18H2,1-3H3. The number of amides is 1. The molecule has 2 saturated heterocycles. The summed E-state index contributed by atoms with van der Waals surface area (Å²) in [5.41, 5.74) is -0.442. The second kappa shape index (κ2) is 11.5. The minimum absolute atomic E-state index is 0.00987. The molecular formula is C28H31F3N4O3S. The molecule has 2 aromatic rings. The highest BCUT2D eigenvalue weighted by atomic mass is 32.1. The summed E-state index contributed by atoms with van der Waals surface area (Å²) in [6.07, 6.45) is -4.18. The van der Waals surface area contributed by atoms with Crippen LogP contribution in [0.2, 0.25) is 0 Å². The Kier molecular flexibility index (Phi) is 8.49. The van der Waals surface area contributed by atoms with Crippen LogP contribution in [0.3, 0.4) is 0 Å². The van der Waals surface area contributed by atoms with Crippen molar-refractivity contribution in [2.75, 3.05) is 44.4 Å². The van der Waals surface area contributed by atoms with E-state index in [1.807, 2.05) is 13.0 Å². The van der Waals surface area contributed by atoms with Gasteiger partial charge in [0.1, 0.15) is 11.3 Å². The molecule has 0 aromatic heterocycles. The van der Waals surface area contributed by atoms with Crippen LogP contribution in [0.5, 0.6) is 5.75 Å². The maximum Gasteiger partial charge on any atom is 0.407 e. The lowest BCUT2D eigenvalue weighted by molar-refractivity contribution is -0.136. The molecule has 39 heavy (non-hydrogen) atoms. The van der Waals surface area contributed by atoms with Gasteiger partial charge in [-0.05, 0) is 68.7 Å². The molecule has 0 spiro atoms. The van der Waals surface area contributed by atoms with Crippen LogP contribution in [0.15, 0.2) is 36.4 Å². The fraction of sp³-hybridized carbons (Fsp3) is 0.464. The SMILES string of the molecule is [C-]#[N+]c1ccc(N2C(=O)C(C)(C)N(CCCOc3ccc(CN4CCOCC4)cc3C)C2=S)cc1C(F)(F)F. The number of ether oxygens (including phenoxy) is 2. The zero-order chi connectivity index (χ0) is 28.4. The Morgan fingerprint density at radius 1 is 1.15 bits per heavy atom. The Morgan fingerprint density at radius 2 is 1.87 bits per heavy atom. The average Bonchev–Trinajstić information content (AvgIpc) is 3.06. The van der Waals surface area contributed by atoms with Gasteiger partial charge in [0.25, 0.3) is 5.91 Å². The van der Waals surface area contributed by atoms with Gasteiger partial charge >= 0.3 is 6.18 Å². The largest absolute Gasteiger partial charge is 0.493 e. The minimum atomic E-state index is -4.73. The first kappa shape index (κ1) is 28.8. The Labute approximate surface area is 231 Å². The van der Waals surface area contributed by atoms with Gasteiger partial charge < -0.3 is 14.4 Å². The highest BCUT2D eigenvalue weighted by Gasteiger charge is 2.49. The third-order valence-electron chi connectivity index (χ3n) is 7.02. The van der Waals surface area contributed by atoms with Crippen molar-refractivity contribution in [2.24, 2.45) is 0 Å². The Morgan fingerprint density at radius 3 is 2.51 bits per heavy atom. The lowest BCUT2D eigenvalue weighted by atomic mass is 10.0. The first-order chi connectivity index (χ1) is 18.4. The molecule has 2 aliphatic heterocycles. The minimum Gasteiger partial charge on any atom is -0.493 e. The lowest BCUT2D eigenvalue weighted by Gasteiger charge is -2.29. The maximum absolute atomic E-state index is 13.5. The van der Waals surface area contributed by atoms with Crippen molar-refractivity contribution >= 4 is 34.6 Å². The summed E-state index contributed by atoms with van der Waals surface area (Å²) in [5, 5.41) is 0.123. The van der Waals surface area contributed by atoms with Crippen LogP contribution in [0.4, 0.5) is 24.5 Å². The number of carbonyl (C=O) groups is 1. The number of benzene rings is 2. The van der Waals surface area contributed by atoms with Gasteiger partial charge in [-0.2, -0.15) is 13.2 Å². The highest BCUT2D eigenvalue weighted by Crippen LogP contribution is 2.41. The number of hydrogen-bond acceptors (Lipinski definition) is 5. The molecule has 2 fully saturated rings. The molecule has 0 aliphatic carbocycles. The number of aryl methyl sites for hydroxylation is 1. The number of anilines is 1. The molecule has 4 rings (SSSR count). The van der Waals surface area contributed by atoms with Crippen LogP contribution in [0.25, 0.3) is 4.85 Å². The molecule has 7 nitrogen and oxygen atoms in total. The zero-order valence-electron chi connectivity index (χ0n) is 22.2. The van der Waals surface area contributed by atoms with Gasteiger partial charge in [-0.25, -0.2) is 4.85 Å². The van der Waals surface area contributed by atoms with Crippen molar-refractivity contribution in [1.29, 1.82) is 0 Å². The van der Waals surface area contributed by atoms with E-state index in [4.69, 9.17) is 28.3 Å². The second-order valence-corrected chi connectivity index (χ2v) is 10.5. The van der Waals surface area contributed by atoms with E-state index in [-0.39, 0.29) is 10.8 Å². The number of halogens is 3.